The summed E-state index contributed by atoms with van der Waals surface area (Å²) in [5.41, 5.74) is -0.120. The van der Waals surface area contributed by atoms with Crippen LogP contribution < -0.4 is 19.7 Å². The Morgan fingerprint density at radius 1 is 1.09 bits per heavy atom. The Hall–Kier alpha value is -3.32. The van der Waals surface area contributed by atoms with Crippen molar-refractivity contribution < 1.29 is 17.9 Å². The van der Waals surface area contributed by atoms with Gasteiger partial charge < -0.3 is 15.0 Å². The maximum atomic E-state index is 13.6. The minimum Gasteiger partial charge on any atom is -0.477 e. The molecule has 0 aromatic carbocycles. The molecule has 0 unspecified atom stereocenters. The van der Waals surface area contributed by atoms with Gasteiger partial charge in [-0.1, -0.05) is 6.07 Å². The molecule has 0 spiro atoms. The third-order valence-corrected chi connectivity index (χ3v) is 13.8. The van der Waals surface area contributed by atoms with E-state index < -0.39 is 26.0 Å². The summed E-state index contributed by atoms with van der Waals surface area (Å²) in [6.07, 6.45) is 15.3. The number of nitrogens with zero attached hydrogens (tertiary/aromatic N) is 5. The van der Waals surface area contributed by atoms with Gasteiger partial charge in [-0.25, -0.2) is 29.4 Å². The number of hydrogen-bond donors (Lipinski definition) is 2. The van der Waals surface area contributed by atoms with Crippen LogP contribution in [-0.2, 0) is 10.0 Å². The van der Waals surface area contributed by atoms with Crippen molar-refractivity contribution in [2.45, 2.75) is 67.7 Å². The Morgan fingerprint density at radius 2 is 1.89 bits per heavy atom. The van der Waals surface area contributed by atoms with E-state index in [0.717, 1.165) is 25.7 Å². The van der Waals surface area contributed by atoms with Crippen molar-refractivity contribution in [3.8, 4) is 11.7 Å². The molecule has 2 N–H and O–H groups in total. The van der Waals surface area contributed by atoms with Crippen LogP contribution in [0.25, 0.3) is 5.82 Å². The zero-order valence-corrected chi connectivity index (χ0v) is 27.8. The maximum Gasteiger partial charge on any atom is 0.281 e. The lowest BCUT2D eigenvalue weighted by molar-refractivity contribution is 0.0981. The van der Waals surface area contributed by atoms with Crippen molar-refractivity contribution in [1.29, 1.82) is 0 Å². The minimum absolute atomic E-state index is 0.179. The molecule has 0 radical (unpaired) electrons. The molecule has 238 valence electrons. The number of ether oxygens (including phenoxy) is 1. The molecule has 1 saturated heterocycles. The average molecular weight is 642 g/mol. The van der Waals surface area contributed by atoms with Crippen molar-refractivity contribution >= 4 is 37.6 Å². The molecule has 3 aliphatic rings. The number of sulfonamides is 1. The van der Waals surface area contributed by atoms with Gasteiger partial charge in [-0.2, -0.15) is 8.42 Å². The predicted octanol–water partition coefficient (Wildman–Crippen LogP) is 4.59. The van der Waals surface area contributed by atoms with Gasteiger partial charge in [0.2, 0.25) is 5.88 Å². The Morgan fingerprint density at radius 3 is 2.64 bits per heavy atom. The van der Waals surface area contributed by atoms with Gasteiger partial charge >= 0.3 is 0 Å². The van der Waals surface area contributed by atoms with Gasteiger partial charge in [0.15, 0.2) is 10.8 Å². The standard InChI is InChI=1S/C31H43N7O4S2/c1-30(2)20-22-8-7-17-32-24-9-6-10-27(33-24)44(40,41)36-29(39)23-11-12-25(34-28(23)37(30)21-22)38-18-13-26(35-38)42-19-16-31(14-15-31)43(3,4)5/h6,9-13,18,22H,7-8,14-17,19-21H2,1-5H3,(H,32,33)(H,36,39)/t22-/m0/s1. The minimum atomic E-state index is -4.23. The zero-order chi connectivity index (χ0) is 31.3. The van der Waals surface area contributed by atoms with E-state index in [4.69, 9.17) is 9.72 Å². The maximum absolute atomic E-state index is 13.6. The van der Waals surface area contributed by atoms with E-state index in [1.165, 1.54) is 18.9 Å². The second kappa shape index (κ2) is 11.2. The summed E-state index contributed by atoms with van der Waals surface area (Å²) in [5.74, 6) is 1.56. The molecular weight excluding hydrogens is 599 g/mol. The quantitative estimate of drug-likeness (QED) is 0.397. The molecule has 11 nitrogen and oxygen atoms in total. The number of hydrogen-bond acceptors (Lipinski definition) is 9. The van der Waals surface area contributed by atoms with Crippen LogP contribution in [0.3, 0.4) is 0 Å². The van der Waals surface area contributed by atoms with E-state index in [1.54, 1.807) is 35.1 Å². The van der Waals surface area contributed by atoms with Crippen LogP contribution in [-0.4, -0.2) is 82.8 Å². The molecule has 2 aliphatic heterocycles. The first-order valence-electron chi connectivity index (χ1n) is 15.2. The van der Waals surface area contributed by atoms with Gasteiger partial charge in [0.05, 0.1) is 12.2 Å². The van der Waals surface area contributed by atoms with Crippen molar-refractivity contribution in [2.75, 3.05) is 48.7 Å². The fourth-order valence-electron chi connectivity index (χ4n) is 6.56. The second-order valence-electron chi connectivity index (χ2n) is 13.6. The Bertz CT molecular complexity index is 1660. The number of carbonyl (C=O) groups is 1. The first-order valence-corrected chi connectivity index (χ1v) is 19.5. The van der Waals surface area contributed by atoms with Crippen molar-refractivity contribution in [3.05, 3.63) is 48.2 Å². The lowest BCUT2D eigenvalue weighted by Gasteiger charge is -2.36. The average Bonchev–Trinajstić information content (AvgIpc) is 3.51. The second-order valence-corrected chi connectivity index (χ2v) is 19.8. The van der Waals surface area contributed by atoms with Crippen LogP contribution in [0.1, 0.15) is 62.7 Å². The van der Waals surface area contributed by atoms with E-state index >= 15 is 0 Å². The summed E-state index contributed by atoms with van der Waals surface area (Å²) in [4.78, 5) is 24.9. The molecular formula is C31H43N7O4S2. The number of fused-ring (bicyclic) bond motifs is 6. The van der Waals surface area contributed by atoms with Crippen LogP contribution in [0, 0.1) is 5.92 Å². The number of amides is 1. The number of rotatable bonds is 6. The summed E-state index contributed by atoms with van der Waals surface area (Å²) in [7, 11) is -4.88. The van der Waals surface area contributed by atoms with Gasteiger partial charge in [0.1, 0.15) is 11.6 Å². The van der Waals surface area contributed by atoms with Crippen LogP contribution >= 0.6 is 10.0 Å². The highest BCUT2D eigenvalue weighted by molar-refractivity contribution is 8.33. The third kappa shape index (κ3) is 6.13. The highest BCUT2D eigenvalue weighted by Crippen LogP contribution is 2.66. The highest BCUT2D eigenvalue weighted by atomic mass is 32.3. The molecule has 1 aliphatic carbocycles. The van der Waals surface area contributed by atoms with E-state index in [2.05, 4.69) is 57.6 Å². The topological polar surface area (TPSA) is 131 Å². The normalized spacial score (nSPS) is 22.5. The monoisotopic (exact) mass is 641 g/mol. The van der Waals surface area contributed by atoms with E-state index in [0.29, 0.717) is 53.7 Å². The number of aromatic nitrogens is 4. The van der Waals surface area contributed by atoms with Gasteiger partial charge in [-0.15, -0.1) is 5.10 Å². The van der Waals surface area contributed by atoms with Gasteiger partial charge in [0, 0.05) is 35.6 Å². The van der Waals surface area contributed by atoms with Crippen LogP contribution in [0.4, 0.5) is 11.6 Å². The van der Waals surface area contributed by atoms with Gasteiger partial charge in [-0.05, 0) is 101 Å². The summed E-state index contributed by atoms with van der Waals surface area (Å²) in [5, 5.41) is 7.63. The summed E-state index contributed by atoms with van der Waals surface area (Å²) in [6, 6.07) is 9.85. The van der Waals surface area contributed by atoms with E-state index in [9.17, 15) is 13.2 Å². The van der Waals surface area contributed by atoms with Crippen molar-refractivity contribution in [3.63, 3.8) is 0 Å². The summed E-state index contributed by atoms with van der Waals surface area (Å²) < 4.78 is 36.8. The highest BCUT2D eigenvalue weighted by Gasteiger charge is 2.49. The molecule has 3 aromatic rings. The van der Waals surface area contributed by atoms with E-state index in [-0.39, 0.29) is 16.1 Å². The molecule has 1 amide bonds. The smallest absolute Gasteiger partial charge is 0.281 e. The lowest BCUT2D eigenvalue weighted by atomic mass is 9.93. The number of anilines is 2. The van der Waals surface area contributed by atoms with Gasteiger partial charge in [-0.3, -0.25) is 4.79 Å². The molecule has 3 aromatic heterocycles. The number of pyridine rings is 2. The number of nitrogens with one attached hydrogen (secondary N) is 2. The SMILES string of the molecule is CC1(C)C[C@@H]2CCCNc3cccc(n3)S(=O)(=O)NC(=O)c3ccc(-n4ccc(OCCC5(S(C)(C)C)CC5)n4)nc3N1C2. The first kappa shape index (κ1) is 30.7. The fraction of sp³-hybridized carbons (Fsp3) is 0.548. The van der Waals surface area contributed by atoms with Crippen molar-refractivity contribution in [1.82, 2.24) is 24.5 Å². The van der Waals surface area contributed by atoms with Crippen LogP contribution in [0.5, 0.6) is 5.88 Å². The Balaban J connectivity index is 1.30. The Labute approximate surface area is 261 Å². The predicted molar refractivity (Wildman–Crippen MR) is 175 cm³/mol. The number of carbonyl (C=O) groups excluding carboxylic acids is 1. The van der Waals surface area contributed by atoms with Crippen molar-refractivity contribution in [2.24, 2.45) is 5.92 Å². The molecule has 6 rings (SSSR count). The molecule has 13 heteroatoms. The summed E-state index contributed by atoms with van der Waals surface area (Å²) in [6.45, 7) is 6.27. The molecule has 4 bridgehead atoms. The molecule has 1 saturated carbocycles. The lowest BCUT2D eigenvalue weighted by Crippen LogP contribution is -2.41. The van der Waals surface area contributed by atoms with Crippen LogP contribution in [0.2, 0.25) is 0 Å². The molecule has 5 heterocycles. The molecule has 44 heavy (non-hydrogen) atoms. The third-order valence-electron chi connectivity index (χ3n) is 9.36. The summed E-state index contributed by atoms with van der Waals surface area (Å²) >= 11 is 0. The first-order chi connectivity index (χ1) is 20.8. The Kier molecular flexibility index (Phi) is 7.84. The van der Waals surface area contributed by atoms with Crippen LogP contribution in [0.15, 0.2) is 47.6 Å². The zero-order valence-electron chi connectivity index (χ0n) is 26.2. The molecule has 2 fully saturated rings. The molecule has 1 atom stereocenters. The fourth-order valence-corrected chi connectivity index (χ4v) is 9.52. The van der Waals surface area contributed by atoms with E-state index in [1.807, 2.05) is 6.07 Å². The van der Waals surface area contributed by atoms with Gasteiger partial charge in [0.25, 0.3) is 15.9 Å². The largest absolute Gasteiger partial charge is 0.477 e.